The van der Waals surface area contributed by atoms with Crippen LogP contribution in [0.3, 0.4) is 0 Å². The number of furan rings is 1. The van der Waals surface area contributed by atoms with Crippen LogP contribution in [0.15, 0.2) is 22.6 Å². The fraction of sp³-hybridized carbons (Fsp3) is 0.600. The molecule has 4 atom stereocenters. The van der Waals surface area contributed by atoms with Gasteiger partial charge in [0.25, 0.3) is 0 Å². The van der Waals surface area contributed by atoms with E-state index in [0.29, 0.717) is 24.2 Å². The zero-order chi connectivity index (χ0) is 31.1. The minimum absolute atomic E-state index is 0.00453. The molecule has 0 fully saturated rings. The summed E-state index contributed by atoms with van der Waals surface area (Å²) < 4.78 is 21.7. The molecule has 1 amide bonds. The number of carbonyl (C=O) groups excluding carboxylic acids is 4. The Kier molecular flexibility index (Phi) is 16.3. The highest BCUT2D eigenvalue weighted by molar-refractivity contribution is 8.13. The maximum atomic E-state index is 12.5. The number of amides is 1. The fourth-order valence-electron chi connectivity index (χ4n) is 3.99. The Hall–Kier alpha value is -2.89. The van der Waals surface area contributed by atoms with E-state index in [0.717, 1.165) is 28.3 Å². The van der Waals surface area contributed by atoms with E-state index in [1.54, 1.807) is 13.8 Å². The largest absolute Gasteiger partial charge is 0.465 e. The molecule has 0 bridgehead atoms. The van der Waals surface area contributed by atoms with Crippen molar-refractivity contribution in [2.75, 3.05) is 19.5 Å². The number of fused-ring (bicyclic) bond motifs is 1. The van der Waals surface area contributed by atoms with Gasteiger partial charge >= 0.3 is 11.9 Å². The quantitative estimate of drug-likeness (QED) is 0.209. The summed E-state index contributed by atoms with van der Waals surface area (Å²) in [5.74, 6) is -0.485. The van der Waals surface area contributed by atoms with Crippen molar-refractivity contribution in [2.24, 2.45) is 0 Å². The lowest BCUT2D eigenvalue weighted by Crippen LogP contribution is -2.45. The smallest absolute Gasteiger partial charge is 0.306 e. The first-order chi connectivity index (χ1) is 19.5. The van der Waals surface area contributed by atoms with E-state index in [1.165, 1.54) is 14.0 Å². The second-order valence-electron chi connectivity index (χ2n) is 9.24. The summed E-state index contributed by atoms with van der Waals surface area (Å²) in [6, 6.07) is 5.06. The number of benzene rings is 1. The molecule has 0 aliphatic carbocycles. The standard InChI is InChI=1S/C28H39NO9S.C2H6/c1-7-20-21-13-19(16(3)14-36-24(31)8-2)9-10-23(21)38-27(20)17(4)37-25(32)11-12-26(33)39-15-22(28(34)35-6)29-18(5)30;1-2/h9-10,13,16-17,22,28,34H,7-8,11-12,14-15H2,1-6H3,(H,29,30);1-2H3. The van der Waals surface area contributed by atoms with Gasteiger partial charge in [-0.2, -0.15) is 0 Å². The molecule has 2 N–H and O–H groups in total. The Morgan fingerprint density at radius 3 is 2.34 bits per heavy atom. The molecular formula is C30H45NO9S. The predicted octanol–water partition coefficient (Wildman–Crippen LogP) is 5.19. The molecule has 0 saturated carbocycles. The summed E-state index contributed by atoms with van der Waals surface area (Å²) in [5.41, 5.74) is 2.61. The number of aliphatic hydroxyl groups excluding tert-OH is 1. The minimum Gasteiger partial charge on any atom is -0.465 e. The van der Waals surface area contributed by atoms with E-state index in [-0.39, 0.29) is 48.1 Å². The van der Waals surface area contributed by atoms with Crippen LogP contribution in [0.2, 0.25) is 0 Å². The van der Waals surface area contributed by atoms with Gasteiger partial charge in [-0.1, -0.05) is 52.4 Å². The van der Waals surface area contributed by atoms with Gasteiger partial charge in [0.05, 0.1) is 19.1 Å². The molecule has 4 unspecified atom stereocenters. The van der Waals surface area contributed by atoms with Gasteiger partial charge in [-0.05, 0) is 31.0 Å². The van der Waals surface area contributed by atoms with E-state index in [1.807, 2.05) is 45.9 Å². The molecule has 2 rings (SSSR count). The van der Waals surface area contributed by atoms with Crippen molar-refractivity contribution in [3.63, 3.8) is 0 Å². The summed E-state index contributed by atoms with van der Waals surface area (Å²) in [7, 11) is 1.29. The third kappa shape index (κ3) is 11.5. The van der Waals surface area contributed by atoms with Crippen LogP contribution in [0.5, 0.6) is 0 Å². The van der Waals surface area contributed by atoms with Crippen LogP contribution in [0.1, 0.15) is 96.6 Å². The summed E-state index contributed by atoms with van der Waals surface area (Å²) in [6.45, 7) is 13.1. The summed E-state index contributed by atoms with van der Waals surface area (Å²) in [4.78, 5) is 47.6. The molecule has 10 nitrogen and oxygen atoms in total. The average molecular weight is 596 g/mol. The molecule has 41 heavy (non-hydrogen) atoms. The first-order valence-electron chi connectivity index (χ1n) is 14.0. The molecule has 1 aromatic heterocycles. The van der Waals surface area contributed by atoms with Gasteiger partial charge in [0, 0.05) is 49.5 Å². The highest BCUT2D eigenvalue weighted by atomic mass is 32.2. The number of ether oxygens (including phenoxy) is 3. The van der Waals surface area contributed by atoms with Crippen molar-refractivity contribution in [2.45, 2.75) is 98.5 Å². The number of rotatable bonds is 15. The first kappa shape index (κ1) is 36.1. The molecule has 0 saturated heterocycles. The Bertz CT molecular complexity index is 1150. The fourth-order valence-corrected chi connectivity index (χ4v) is 4.85. The third-order valence-corrected chi connectivity index (χ3v) is 7.21. The number of thioether (sulfide) groups is 1. The molecule has 11 heteroatoms. The van der Waals surface area contributed by atoms with Crippen LogP contribution >= 0.6 is 11.8 Å². The van der Waals surface area contributed by atoms with E-state index < -0.39 is 24.4 Å². The van der Waals surface area contributed by atoms with Crippen LogP contribution in [0, 0.1) is 0 Å². The Balaban J connectivity index is 0.00000411. The lowest BCUT2D eigenvalue weighted by Gasteiger charge is -2.21. The Morgan fingerprint density at radius 2 is 1.76 bits per heavy atom. The van der Waals surface area contributed by atoms with Crippen molar-refractivity contribution in [1.82, 2.24) is 5.32 Å². The van der Waals surface area contributed by atoms with Crippen molar-refractivity contribution < 1.29 is 42.9 Å². The van der Waals surface area contributed by atoms with Crippen molar-refractivity contribution in [1.29, 1.82) is 0 Å². The van der Waals surface area contributed by atoms with Crippen molar-refractivity contribution in [3.8, 4) is 0 Å². The number of nitrogens with one attached hydrogen (secondary N) is 1. The molecular weight excluding hydrogens is 550 g/mol. The zero-order valence-corrected chi connectivity index (χ0v) is 26.2. The lowest BCUT2D eigenvalue weighted by molar-refractivity contribution is -0.150. The number of hydrogen-bond acceptors (Lipinski definition) is 10. The number of hydrogen-bond donors (Lipinski definition) is 2. The van der Waals surface area contributed by atoms with Crippen molar-refractivity contribution >= 4 is 45.7 Å². The van der Waals surface area contributed by atoms with E-state index in [4.69, 9.17) is 18.6 Å². The average Bonchev–Trinajstić information content (AvgIpc) is 3.35. The first-order valence-corrected chi connectivity index (χ1v) is 15.0. The Labute approximate surface area is 246 Å². The van der Waals surface area contributed by atoms with Gasteiger partial charge in [0.15, 0.2) is 17.5 Å². The normalized spacial score (nSPS) is 13.8. The van der Waals surface area contributed by atoms with Crippen LogP contribution in [-0.2, 0) is 39.8 Å². The van der Waals surface area contributed by atoms with E-state index >= 15 is 0 Å². The molecule has 2 aromatic rings. The second kappa shape index (κ2) is 18.5. The van der Waals surface area contributed by atoms with Gasteiger partial charge in [-0.25, -0.2) is 0 Å². The molecule has 0 aliphatic heterocycles. The molecule has 0 spiro atoms. The SMILES string of the molecule is CC.CCC(=O)OCC(C)c1ccc2oc(C(C)OC(=O)CCC(=O)SCC(NC(C)=O)C(O)OC)c(CC)c2c1. The molecule has 1 aromatic carbocycles. The van der Waals surface area contributed by atoms with Gasteiger partial charge in [0.2, 0.25) is 5.91 Å². The summed E-state index contributed by atoms with van der Waals surface area (Å²) in [6.07, 6.45) is -1.10. The van der Waals surface area contributed by atoms with Gasteiger partial charge in [-0.3, -0.25) is 19.2 Å². The zero-order valence-electron chi connectivity index (χ0n) is 25.4. The van der Waals surface area contributed by atoms with Crippen molar-refractivity contribution in [3.05, 3.63) is 35.1 Å². The van der Waals surface area contributed by atoms with Gasteiger partial charge in [-0.15, -0.1) is 0 Å². The van der Waals surface area contributed by atoms with E-state index in [2.05, 4.69) is 5.32 Å². The monoisotopic (exact) mass is 595 g/mol. The Morgan fingerprint density at radius 1 is 1.07 bits per heavy atom. The van der Waals surface area contributed by atoms with Crippen LogP contribution < -0.4 is 5.32 Å². The second-order valence-corrected chi connectivity index (χ2v) is 10.3. The molecule has 1 heterocycles. The minimum atomic E-state index is -1.26. The number of aryl methyl sites for hydroxylation is 1. The highest BCUT2D eigenvalue weighted by Crippen LogP contribution is 2.34. The van der Waals surface area contributed by atoms with Crippen LogP contribution in [0.25, 0.3) is 11.0 Å². The van der Waals surface area contributed by atoms with E-state index in [9.17, 15) is 24.3 Å². The third-order valence-electron chi connectivity index (χ3n) is 6.16. The van der Waals surface area contributed by atoms with Gasteiger partial charge in [0.1, 0.15) is 11.3 Å². The molecule has 230 valence electrons. The summed E-state index contributed by atoms with van der Waals surface area (Å²) in [5, 5.41) is 13.0. The van der Waals surface area contributed by atoms with Gasteiger partial charge < -0.3 is 29.1 Å². The number of esters is 2. The van der Waals surface area contributed by atoms with Crippen LogP contribution in [0.4, 0.5) is 0 Å². The predicted molar refractivity (Wildman–Crippen MR) is 158 cm³/mol. The topological polar surface area (TPSA) is 141 Å². The van der Waals surface area contributed by atoms with Crippen LogP contribution in [-0.4, -0.2) is 59.9 Å². The summed E-state index contributed by atoms with van der Waals surface area (Å²) >= 11 is 0.899. The maximum absolute atomic E-state index is 12.5. The highest BCUT2D eigenvalue weighted by Gasteiger charge is 2.24. The lowest BCUT2D eigenvalue weighted by atomic mass is 9.98. The number of carbonyl (C=O) groups is 4. The number of aliphatic hydroxyl groups is 1. The maximum Gasteiger partial charge on any atom is 0.306 e. The number of methoxy groups -OCH3 is 1. The molecule has 0 radical (unpaired) electrons. The molecule has 0 aliphatic rings.